The Bertz CT molecular complexity index is 412. The van der Waals surface area contributed by atoms with Crippen LogP contribution in [0.1, 0.15) is 23.0 Å². The number of fused-ring (bicyclic) bond motifs is 1. The Balaban J connectivity index is 2.25. The molecule has 2 aromatic rings. The van der Waals surface area contributed by atoms with Crippen LogP contribution in [0.2, 0.25) is 0 Å². The van der Waals surface area contributed by atoms with Gasteiger partial charge in [-0.05, 0) is 18.6 Å². The van der Waals surface area contributed by atoms with Crippen molar-refractivity contribution in [3.8, 4) is 0 Å². The summed E-state index contributed by atoms with van der Waals surface area (Å²) in [6.07, 6.45) is 2.04. The third kappa shape index (κ3) is 1.81. The molecule has 2 nitrogen and oxygen atoms in total. The summed E-state index contributed by atoms with van der Waals surface area (Å²) in [5, 5.41) is 4.54. The third-order valence-corrected chi connectivity index (χ3v) is 4.07. The molecule has 0 atom stereocenters. The molecule has 1 N–H and O–H groups in total. The zero-order chi connectivity index (χ0) is 9.97. The van der Waals surface area contributed by atoms with Gasteiger partial charge in [-0.3, -0.25) is 4.79 Å². The fraction of sp³-hybridized carbons (Fsp3) is 0.300. The van der Waals surface area contributed by atoms with Gasteiger partial charge in [0.15, 0.2) is 6.29 Å². The summed E-state index contributed by atoms with van der Waals surface area (Å²) in [6, 6.07) is 4.07. The lowest BCUT2D eigenvalue weighted by molar-refractivity contribution is 0.112. The van der Waals surface area contributed by atoms with E-state index < -0.39 is 0 Å². The number of thiophene rings is 2. The fourth-order valence-electron chi connectivity index (χ4n) is 1.25. The molecule has 2 rings (SSSR count). The number of anilines is 1. The molecule has 0 aliphatic rings. The first-order valence-corrected chi connectivity index (χ1v) is 6.19. The quantitative estimate of drug-likeness (QED) is 0.805. The molecule has 74 valence electrons. The smallest absolute Gasteiger partial charge is 0.160 e. The molecule has 0 aliphatic carbocycles. The summed E-state index contributed by atoms with van der Waals surface area (Å²) in [7, 11) is 0. The maximum atomic E-state index is 10.5. The van der Waals surface area contributed by atoms with Gasteiger partial charge in [0.05, 0.1) is 9.88 Å². The maximum Gasteiger partial charge on any atom is 0.160 e. The van der Waals surface area contributed by atoms with Crippen molar-refractivity contribution in [2.45, 2.75) is 13.3 Å². The minimum absolute atomic E-state index is 0.813. The van der Waals surface area contributed by atoms with Crippen molar-refractivity contribution < 1.29 is 4.79 Å². The van der Waals surface area contributed by atoms with E-state index in [9.17, 15) is 4.79 Å². The van der Waals surface area contributed by atoms with Crippen molar-refractivity contribution in [1.29, 1.82) is 0 Å². The summed E-state index contributed by atoms with van der Waals surface area (Å²) in [5.74, 6) is 0. The summed E-state index contributed by atoms with van der Waals surface area (Å²) in [4.78, 5) is 11.3. The number of carbonyl (C=O) groups excluding carboxylic acids is 1. The largest absolute Gasteiger partial charge is 0.377 e. The number of carbonyl (C=O) groups is 1. The fourth-order valence-corrected chi connectivity index (χ4v) is 3.40. The standard InChI is InChI=1S/C10H11NOS2/c1-2-3-11-10-5-9-8(14-10)4-7(6-12)13-9/h4-6,11H,2-3H2,1H3. The van der Waals surface area contributed by atoms with E-state index in [1.54, 1.807) is 22.7 Å². The molecule has 14 heavy (non-hydrogen) atoms. The van der Waals surface area contributed by atoms with Crippen LogP contribution in [-0.2, 0) is 0 Å². The average molecular weight is 225 g/mol. The van der Waals surface area contributed by atoms with Gasteiger partial charge in [0.25, 0.3) is 0 Å². The normalized spacial score (nSPS) is 10.6. The molecule has 2 heterocycles. The third-order valence-electron chi connectivity index (χ3n) is 1.89. The Morgan fingerprint density at radius 3 is 2.79 bits per heavy atom. The Kier molecular flexibility index (Phi) is 2.84. The van der Waals surface area contributed by atoms with E-state index >= 15 is 0 Å². The summed E-state index contributed by atoms with van der Waals surface area (Å²) in [5.41, 5.74) is 0. The molecule has 0 bridgehead atoms. The molecule has 0 saturated carbocycles. The van der Waals surface area contributed by atoms with Crippen LogP contribution in [0.15, 0.2) is 12.1 Å². The van der Waals surface area contributed by atoms with Crippen LogP contribution >= 0.6 is 22.7 Å². The van der Waals surface area contributed by atoms with Crippen molar-refractivity contribution >= 4 is 43.4 Å². The Hall–Kier alpha value is -0.870. The molecule has 0 radical (unpaired) electrons. The van der Waals surface area contributed by atoms with Gasteiger partial charge in [0.2, 0.25) is 0 Å². The molecule has 0 aliphatic heterocycles. The molecular formula is C10H11NOS2. The zero-order valence-corrected chi connectivity index (χ0v) is 9.50. The van der Waals surface area contributed by atoms with Crippen molar-refractivity contribution in [2.24, 2.45) is 0 Å². The van der Waals surface area contributed by atoms with E-state index in [-0.39, 0.29) is 0 Å². The van der Waals surface area contributed by atoms with Gasteiger partial charge < -0.3 is 5.32 Å². The van der Waals surface area contributed by atoms with Gasteiger partial charge in [-0.15, -0.1) is 22.7 Å². The highest BCUT2D eigenvalue weighted by molar-refractivity contribution is 7.30. The highest BCUT2D eigenvalue weighted by Crippen LogP contribution is 2.35. The minimum atomic E-state index is 0.813. The second kappa shape index (κ2) is 4.11. The Morgan fingerprint density at radius 2 is 2.14 bits per heavy atom. The van der Waals surface area contributed by atoms with Crippen LogP contribution in [0.3, 0.4) is 0 Å². The molecule has 0 saturated heterocycles. The van der Waals surface area contributed by atoms with Gasteiger partial charge in [-0.25, -0.2) is 0 Å². The average Bonchev–Trinajstić information content (AvgIpc) is 2.71. The predicted molar refractivity (Wildman–Crippen MR) is 63.9 cm³/mol. The van der Waals surface area contributed by atoms with E-state index in [1.807, 2.05) is 6.07 Å². The lowest BCUT2D eigenvalue weighted by atomic mass is 10.4. The second-order valence-corrected chi connectivity index (χ2v) is 5.23. The Labute approximate surface area is 90.6 Å². The van der Waals surface area contributed by atoms with Crippen LogP contribution in [0, 0.1) is 0 Å². The summed E-state index contributed by atoms with van der Waals surface area (Å²) < 4.78 is 2.41. The molecule has 0 spiro atoms. The van der Waals surface area contributed by atoms with E-state index in [2.05, 4.69) is 18.3 Å². The van der Waals surface area contributed by atoms with Gasteiger partial charge in [0, 0.05) is 15.9 Å². The van der Waals surface area contributed by atoms with Crippen LogP contribution in [0.4, 0.5) is 5.00 Å². The molecule has 0 unspecified atom stereocenters. The number of rotatable bonds is 4. The highest BCUT2D eigenvalue weighted by atomic mass is 32.1. The lowest BCUT2D eigenvalue weighted by Gasteiger charge is -1.97. The first kappa shape index (κ1) is 9.68. The van der Waals surface area contributed by atoms with Crippen LogP contribution in [0.5, 0.6) is 0 Å². The number of hydrogen-bond donors (Lipinski definition) is 1. The van der Waals surface area contributed by atoms with Crippen LogP contribution < -0.4 is 5.32 Å². The first-order chi connectivity index (χ1) is 6.83. The van der Waals surface area contributed by atoms with Crippen molar-refractivity contribution in [3.63, 3.8) is 0 Å². The number of nitrogens with one attached hydrogen (secondary N) is 1. The van der Waals surface area contributed by atoms with Gasteiger partial charge in [-0.2, -0.15) is 0 Å². The molecule has 0 aromatic carbocycles. The second-order valence-electron chi connectivity index (χ2n) is 3.03. The van der Waals surface area contributed by atoms with Gasteiger partial charge in [-0.1, -0.05) is 6.92 Å². The molecule has 4 heteroatoms. The van der Waals surface area contributed by atoms with E-state index in [1.165, 1.54) is 14.4 Å². The maximum absolute atomic E-state index is 10.5. The highest BCUT2D eigenvalue weighted by Gasteiger charge is 2.05. The van der Waals surface area contributed by atoms with E-state index in [0.29, 0.717) is 0 Å². The molecule has 0 amide bonds. The van der Waals surface area contributed by atoms with Crippen molar-refractivity contribution in [1.82, 2.24) is 0 Å². The van der Waals surface area contributed by atoms with Gasteiger partial charge in [0.1, 0.15) is 0 Å². The molecular weight excluding hydrogens is 214 g/mol. The van der Waals surface area contributed by atoms with E-state index in [0.717, 1.165) is 24.1 Å². The minimum Gasteiger partial charge on any atom is -0.377 e. The SMILES string of the molecule is CCCNc1cc2sc(C=O)cc2s1. The summed E-state index contributed by atoms with van der Waals surface area (Å²) in [6.45, 7) is 3.15. The first-order valence-electron chi connectivity index (χ1n) is 4.56. The summed E-state index contributed by atoms with van der Waals surface area (Å²) >= 11 is 3.27. The monoisotopic (exact) mass is 225 g/mol. The Morgan fingerprint density at radius 1 is 1.36 bits per heavy atom. The lowest BCUT2D eigenvalue weighted by Crippen LogP contribution is -1.96. The zero-order valence-electron chi connectivity index (χ0n) is 7.87. The van der Waals surface area contributed by atoms with Crippen molar-refractivity contribution in [2.75, 3.05) is 11.9 Å². The van der Waals surface area contributed by atoms with Gasteiger partial charge >= 0.3 is 0 Å². The van der Waals surface area contributed by atoms with Crippen molar-refractivity contribution in [3.05, 3.63) is 17.0 Å². The predicted octanol–water partition coefficient (Wildman–Crippen LogP) is 3.60. The molecule has 0 fully saturated rings. The van der Waals surface area contributed by atoms with E-state index in [4.69, 9.17) is 0 Å². The van der Waals surface area contributed by atoms with Crippen LogP contribution in [0.25, 0.3) is 9.40 Å². The van der Waals surface area contributed by atoms with Crippen LogP contribution in [-0.4, -0.2) is 12.8 Å². The number of aldehydes is 1. The molecule has 2 aromatic heterocycles. The number of hydrogen-bond acceptors (Lipinski definition) is 4. The topological polar surface area (TPSA) is 29.1 Å².